The van der Waals surface area contributed by atoms with Crippen molar-refractivity contribution >= 4 is 43.7 Å². The predicted octanol–water partition coefficient (Wildman–Crippen LogP) is 13.2. The molecule has 0 amide bonds. The third-order valence-electron chi connectivity index (χ3n) is 10.7. The molecule has 0 unspecified atom stereocenters. The average molecular weight is 717 g/mol. The van der Waals surface area contributed by atoms with Crippen molar-refractivity contribution in [2.24, 2.45) is 0 Å². The lowest BCUT2D eigenvalue weighted by atomic mass is 9.98. The van der Waals surface area contributed by atoms with Crippen molar-refractivity contribution in [3.63, 3.8) is 0 Å². The molecule has 0 saturated carbocycles. The Bertz CT molecular complexity index is 3170. The lowest BCUT2D eigenvalue weighted by Gasteiger charge is -2.12. The molecule has 8 aromatic carbocycles. The van der Waals surface area contributed by atoms with Crippen LogP contribution in [0.25, 0.3) is 106 Å². The molecule has 3 heterocycles. The molecule has 0 bridgehead atoms. The van der Waals surface area contributed by atoms with Crippen molar-refractivity contribution in [3.05, 3.63) is 194 Å². The van der Waals surface area contributed by atoms with Gasteiger partial charge in [-0.05, 0) is 52.6 Å². The fourth-order valence-corrected chi connectivity index (χ4v) is 8.00. The third-order valence-corrected chi connectivity index (χ3v) is 10.7. The number of rotatable bonds is 6. The minimum Gasteiger partial charge on any atom is -0.456 e. The molecule has 3 aromatic heterocycles. The predicted molar refractivity (Wildman–Crippen MR) is 229 cm³/mol. The number of furan rings is 1. The number of hydrogen-bond donors (Lipinski definition) is 0. The van der Waals surface area contributed by atoms with Gasteiger partial charge >= 0.3 is 0 Å². The maximum absolute atomic E-state index is 6.84. The van der Waals surface area contributed by atoms with E-state index in [1.54, 1.807) is 0 Å². The van der Waals surface area contributed by atoms with Crippen LogP contribution in [-0.4, -0.2) is 19.5 Å². The van der Waals surface area contributed by atoms with Gasteiger partial charge < -0.3 is 8.98 Å². The molecular formula is C51H32N4O. The Morgan fingerprint density at radius 2 is 0.804 bits per heavy atom. The highest BCUT2D eigenvalue weighted by atomic mass is 16.3. The maximum atomic E-state index is 6.84. The molecule has 56 heavy (non-hydrogen) atoms. The number of benzene rings is 8. The van der Waals surface area contributed by atoms with E-state index in [9.17, 15) is 0 Å². The van der Waals surface area contributed by atoms with E-state index < -0.39 is 0 Å². The minimum atomic E-state index is 0.581. The van der Waals surface area contributed by atoms with Gasteiger partial charge in [0.2, 0.25) is 0 Å². The molecule has 0 aliphatic heterocycles. The van der Waals surface area contributed by atoms with E-state index in [4.69, 9.17) is 19.4 Å². The number of aromatic nitrogens is 4. The second-order valence-electron chi connectivity index (χ2n) is 14.0. The molecule has 0 saturated heterocycles. The molecule has 5 heteroatoms. The van der Waals surface area contributed by atoms with E-state index >= 15 is 0 Å². The highest BCUT2D eigenvalue weighted by Crippen LogP contribution is 2.42. The van der Waals surface area contributed by atoms with Crippen molar-refractivity contribution in [3.8, 4) is 62.1 Å². The molecule has 0 aliphatic rings. The van der Waals surface area contributed by atoms with Gasteiger partial charge in [0.15, 0.2) is 17.5 Å². The number of hydrogen-bond acceptors (Lipinski definition) is 4. The molecule has 262 valence electrons. The zero-order chi connectivity index (χ0) is 37.0. The molecule has 11 aromatic rings. The Labute approximate surface area is 322 Å². The zero-order valence-electron chi connectivity index (χ0n) is 30.2. The summed E-state index contributed by atoms with van der Waals surface area (Å²) in [5, 5.41) is 4.54. The highest BCUT2D eigenvalue weighted by Gasteiger charge is 2.20. The van der Waals surface area contributed by atoms with Crippen LogP contribution >= 0.6 is 0 Å². The summed E-state index contributed by atoms with van der Waals surface area (Å²) in [6, 6.07) is 67.4. The van der Waals surface area contributed by atoms with E-state index in [-0.39, 0.29) is 0 Å². The SMILES string of the molecule is c1ccc(-c2ccc(-c3nc(-c4ccccc4)nc(-c4ccc5c(c4)oc4cc(-n6c7ccccc7c7ccccc76)cc(-c6ccccc6)c45)n3)cc2)cc1. The lowest BCUT2D eigenvalue weighted by molar-refractivity contribution is 0.669. The Balaban J connectivity index is 1.09. The summed E-state index contributed by atoms with van der Waals surface area (Å²) in [7, 11) is 0. The van der Waals surface area contributed by atoms with Crippen LogP contribution in [0.2, 0.25) is 0 Å². The largest absolute Gasteiger partial charge is 0.456 e. The summed E-state index contributed by atoms with van der Waals surface area (Å²) in [6.45, 7) is 0. The summed E-state index contributed by atoms with van der Waals surface area (Å²) >= 11 is 0. The molecule has 5 nitrogen and oxygen atoms in total. The quantitative estimate of drug-likeness (QED) is 0.172. The Kier molecular flexibility index (Phi) is 7.42. The van der Waals surface area contributed by atoms with Crippen molar-refractivity contribution in [2.45, 2.75) is 0 Å². The van der Waals surface area contributed by atoms with E-state index in [0.29, 0.717) is 17.5 Å². The maximum Gasteiger partial charge on any atom is 0.164 e. The van der Waals surface area contributed by atoms with Crippen LogP contribution in [0.4, 0.5) is 0 Å². The van der Waals surface area contributed by atoms with Gasteiger partial charge in [0.25, 0.3) is 0 Å². The van der Waals surface area contributed by atoms with Crippen LogP contribution in [0, 0.1) is 0 Å². The first-order valence-electron chi connectivity index (χ1n) is 18.8. The first-order chi connectivity index (χ1) is 27.7. The van der Waals surface area contributed by atoms with Crippen LogP contribution in [-0.2, 0) is 0 Å². The Morgan fingerprint density at radius 1 is 0.339 bits per heavy atom. The molecule has 0 fully saturated rings. The van der Waals surface area contributed by atoms with Crippen LogP contribution < -0.4 is 0 Å². The average Bonchev–Trinajstić information content (AvgIpc) is 3.82. The normalized spacial score (nSPS) is 11.6. The van der Waals surface area contributed by atoms with Gasteiger partial charge in [-0.1, -0.05) is 158 Å². The second kappa shape index (κ2) is 13.0. The van der Waals surface area contributed by atoms with Gasteiger partial charge in [-0.2, -0.15) is 0 Å². The van der Waals surface area contributed by atoms with Gasteiger partial charge in [0.05, 0.1) is 16.7 Å². The van der Waals surface area contributed by atoms with Gasteiger partial charge in [-0.3, -0.25) is 0 Å². The molecule has 0 aliphatic carbocycles. The van der Waals surface area contributed by atoms with Crippen molar-refractivity contribution in [2.75, 3.05) is 0 Å². The summed E-state index contributed by atoms with van der Waals surface area (Å²) in [5.74, 6) is 1.81. The first-order valence-corrected chi connectivity index (χ1v) is 18.8. The Morgan fingerprint density at radius 3 is 1.43 bits per heavy atom. The smallest absolute Gasteiger partial charge is 0.164 e. The van der Waals surface area contributed by atoms with E-state index in [2.05, 4.69) is 162 Å². The zero-order valence-corrected chi connectivity index (χ0v) is 30.2. The van der Waals surface area contributed by atoms with Crippen molar-refractivity contribution in [1.82, 2.24) is 19.5 Å². The summed E-state index contributed by atoms with van der Waals surface area (Å²) < 4.78 is 9.19. The molecule has 11 rings (SSSR count). The van der Waals surface area contributed by atoms with E-state index in [0.717, 1.165) is 77.6 Å². The first kappa shape index (κ1) is 31.9. The van der Waals surface area contributed by atoms with E-state index in [1.807, 2.05) is 36.4 Å². The monoisotopic (exact) mass is 716 g/mol. The highest BCUT2D eigenvalue weighted by molar-refractivity contribution is 6.15. The van der Waals surface area contributed by atoms with Gasteiger partial charge in [-0.15, -0.1) is 0 Å². The molecule has 0 N–H and O–H groups in total. The second-order valence-corrected chi connectivity index (χ2v) is 14.0. The van der Waals surface area contributed by atoms with Gasteiger partial charge in [-0.25, -0.2) is 15.0 Å². The topological polar surface area (TPSA) is 56.7 Å². The van der Waals surface area contributed by atoms with Gasteiger partial charge in [0.1, 0.15) is 11.2 Å². The van der Waals surface area contributed by atoms with Crippen LogP contribution in [0.1, 0.15) is 0 Å². The van der Waals surface area contributed by atoms with Gasteiger partial charge in [0, 0.05) is 44.3 Å². The number of nitrogens with zero attached hydrogens (tertiary/aromatic N) is 4. The van der Waals surface area contributed by atoms with Crippen molar-refractivity contribution in [1.29, 1.82) is 0 Å². The van der Waals surface area contributed by atoms with Crippen molar-refractivity contribution < 1.29 is 4.42 Å². The molecule has 0 atom stereocenters. The fraction of sp³-hybridized carbons (Fsp3) is 0. The number of para-hydroxylation sites is 2. The van der Waals surface area contributed by atoms with Crippen LogP contribution in [0.3, 0.4) is 0 Å². The van der Waals surface area contributed by atoms with E-state index in [1.165, 1.54) is 10.8 Å². The summed E-state index contributed by atoms with van der Waals surface area (Å²) in [4.78, 5) is 15.1. The number of fused-ring (bicyclic) bond motifs is 6. The van der Waals surface area contributed by atoms with Crippen LogP contribution in [0.5, 0.6) is 0 Å². The molecular weight excluding hydrogens is 685 g/mol. The summed E-state index contributed by atoms with van der Waals surface area (Å²) in [6.07, 6.45) is 0. The fourth-order valence-electron chi connectivity index (χ4n) is 8.00. The third kappa shape index (κ3) is 5.37. The molecule has 0 radical (unpaired) electrons. The standard InChI is InChI=1S/C51H32N4O/c1-4-14-33(15-5-1)34-24-26-37(27-25-34)50-52-49(36-18-8-3-9-19-36)53-51(54-50)38-28-29-42-46(30-38)56-47-32-39(31-43(48(42)47)35-16-6-2-7-17-35)55-44-22-12-10-20-40(44)41-21-11-13-23-45(41)55/h1-32H. The Hall–Kier alpha value is -7.63. The molecule has 0 spiro atoms. The summed E-state index contributed by atoms with van der Waals surface area (Å²) in [5.41, 5.74) is 12.2. The minimum absolute atomic E-state index is 0.581. The van der Waals surface area contributed by atoms with Crippen LogP contribution in [0.15, 0.2) is 199 Å². The lowest BCUT2D eigenvalue weighted by Crippen LogP contribution is -2.00.